The normalized spacial score (nSPS) is 27.8. The van der Waals surface area contributed by atoms with Crippen LogP contribution >= 0.6 is 0 Å². The number of phenolic OH excluding ortho intramolecular Hbond substituents is 1. The van der Waals surface area contributed by atoms with Gasteiger partial charge in [0.1, 0.15) is 28.7 Å². The fourth-order valence-corrected chi connectivity index (χ4v) is 7.91. The maximum Gasteiger partial charge on any atom is 0.254 e. The Hall–Kier alpha value is -4.06. The molecular formula is C33H37FN4O6. The molecule has 2 aromatic carbocycles. The summed E-state index contributed by atoms with van der Waals surface area (Å²) in [5.41, 5.74) is 2.55. The second kappa shape index (κ2) is 10.8. The van der Waals surface area contributed by atoms with Gasteiger partial charge < -0.3 is 31.6 Å². The summed E-state index contributed by atoms with van der Waals surface area (Å²) in [5.74, 6) is -5.78. The number of amides is 1. The number of aliphatic hydroxyl groups is 3. The molecule has 0 spiro atoms. The van der Waals surface area contributed by atoms with E-state index in [2.05, 4.69) is 17.0 Å². The highest BCUT2D eigenvalue weighted by molar-refractivity contribution is 6.33. The molecule has 6 rings (SSSR count). The van der Waals surface area contributed by atoms with Crippen molar-refractivity contribution < 1.29 is 34.4 Å². The summed E-state index contributed by atoms with van der Waals surface area (Å²) in [4.78, 5) is 29.8. The van der Waals surface area contributed by atoms with Crippen LogP contribution in [0.25, 0.3) is 5.76 Å². The number of aromatic hydroxyl groups is 1. The molecule has 4 atom stereocenters. The highest BCUT2D eigenvalue weighted by Gasteiger charge is 2.63. The number of piperidine rings is 1. The number of hydrogen-bond acceptors (Lipinski definition) is 9. The predicted octanol–water partition coefficient (Wildman–Crippen LogP) is 2.93. The molecule has 2 aromatic rings. The number of ketones is 1. The van der Waals surface area contributed by atoms with Gasteiger partial charge in [0.25, 0.3) is 5.91 Å². The first kappa shape index (κ1) is 30.0. The molecule has 10 nitrogen and oxygen atoms in total. The summed E-state index contributed by atoms with van der Waals surface area (Å²) in [6, 6.07) is 10.5. The molecule has 1 amide bonds. The number of nitrogens with one attached hydrogen (secondary N) is 1. The highest BCUT2D eigenvalue weighted by Crippen LogP contribution is 2.52. The molecule has 1 heterocycles. The molecule has 232 valence electrons. The predicted molar refractivity (Wildman–Crippen MR) is 161 cm³/mol. The van der Waals surface area contributed by atoms with Gasteiger partial charge >= 0.3 is 0 Å². The standard InChI is InChI=1S/C33H37FN4O6/c1-37(2)27-21-13-18-12-20-24(28(40)23(18)31(42)33(21,44)30(35)25(29(27)41)32(36)43)22(39)14-19(26(20)34)15-38-10-8-17(9-11-38)16-6-4-3-5-7-16/h3-7,14,17-18,21,27,35,39-41,44H,8-13,15H2,1-2H3,(H2,36,43)/t18-,21-,27-,33+/m0/s1. The summed E-state index contributed by atoms with van der Waals surface area (Å²) in [6.45, 7) is 1.78. The molecule has 11 heteroatoms. The fraction of sp³-hybridized carbons (Fsp3) is 0.424. The van der Waals surface area contributed by atoms with E-state index in [0.717, 1.165) is 25.9 Å². The lowest BCUT2D eigenvalue weighted by Gasteiger charge is -2.51. The van der Waals surface area contributed by atoms with Crippen LogP contribution < -0.4 is 5.73 Å². The number of Topliss-reactive ketones (excluding diaryl/α,β-unsaturated/α-hetero) is 1. The first-order valence-corrected chi connectivity index (χ1v) is 14.9. The van der Waals surface area contributed by atoms with Gasteiger partial charge in [-0.05, 0) is 76.3 Å². The van der Waals surface area contributed by atoms with Crippen LogP contribution in [-0.4, -0.2) is 86.5 Å². The maximum atomic E-state index is 16.2. The van der Waals surface area contributed by atoms with E-state index in [9.17, 15) is 30.0 Å². The van der Waals surface area contributed by atoms with Gasteiger partial charge in [-0.15, -0.1) is 0 Å². The molecule has 7 N–H and O–H groups in total. The van der Waals surface area contributed by atoms with E-state index in [1.54, 1.807) is 14.1 Å². The Morgan fingerprint density at radius 3 is 2.41 bits per heavy atom. The zero-order valence-electron chi connectivity index (χ0n) is 24.7. The van der Waals surface area contributed by atoms with Crippen molar-refractivity contribution in [1.82, 2.24) is 9.80 Å². The number of nitrogens with two attached hydrogens (primary N) is 1. The number of nitrogens with zero attached hydrogens (tertiary/aromatic N) is 2. The second-order valence-corrected chi connectivity index (χ2v) is 12.7. The maximum absolute atomic E-state index is 16.2. The van der Waals surface area contributed by atoms with Gasteiger partial charge in [-0.1, -0.05) is 30.3 Å². The van der Waals surface area contributed by atoms with E-state index >= 15 is 4.39 Å². The van der Waals surface area contributed by atoms with Crippen molar-refractivity contribution in [3.05, 3.63) is 81.4 Å². The summed E-state index contributed by atoms with van der Waals surface area (Å²) in [5, 5.41) is 53.7. The summed E-state index contributed by atoms with van der Waals surface area (Å²) < 4.78 is 16.2. The van der Waals surface area contributed by atoms with Crippen molar-refractivity contribution in [3.8, 4) is 5.75 Å². The highest BCUT2D eigenvalue weighted by atomic mass is 19.1. The second-order valence-electron chi connectivity index (χ2n) is 12.7. The number of hydrogen-bond donors (Lipinski definition) is 6. The molecule has 44 heavy (non-hydrogen) atoms. The van der Waals surface area contributed by atoms with E-state index in [4.69, 9.17) is 11.1 Å². The molecule has 3 aliphatic carbocycles. The number of fused-ring (bicyclic) bond motifs is 3. The Balaban J connectivity index is 1.33. The minimum Gasteiger partial charge on any atom is -0.510 e. The van der Waals surface area contributed by atoms with Crippen molar-refractivity contribution in [2.45, 2.75) is 49.8 Å². The molecule has 0 bridgehead atoms. The monoisotopic (exact) mass is 604 g/mol. The van der Waals surface area contributed by atoms with Crippen LogP contribution in [0.5, 0.6) is 5.75 Å². The van der Waals surface area contributed by atoms with Crippen LogP contribution in [0.15, 0.2) is 53.3 Å². The molecule has 0 radical (unpaired) electrons. The van der Waals surface area contributed by atoms with Gasteiger partial charge in [0, 0.05) is 29.2 Å². The van der Waals surface area contributed by atoms with Crippen LogP contribution in [0.4, 0.5) is 4.39 Å². The zero-order valence-corrected chi connectivity index (χ0v) is 24.7. The van der Waals surface area contributed by atoms with E-state index in [1.165, 1.54) is 16.5 Å². The third-order valence-electron chi connectivity index (χ3n) is 10.0. The number of phenols is 1. The Bertz CT molecular complexity index is 1630. The lowest BCUT2D eigenvalue weighted by Crippen LogP contribution is -2.67. The molecular weight excluding hydrogens is 567 g/mol. The zero-order chi connectivity index (χ0) is 31.7. The lowest BCUT2D eigenvalue weighted by molar-refractivity contribution is -0.138. The summed E-state index contributed by atoms with van der Waals surface area (Å²) in [7, 11) is 3.18. The Morgan fingerprint density at radius 1 is 1.14 bits per heavy atom. The van der Waals surface area contributed by atoms with Gasteiger partial charge in [-0.3, -0.25) is 19.4 Å². The third-order valence-corrected chi connectivity index (χ3v) is 10.0. The summed E-state index contributed by atoms with van der Waals surface area (Å²) >= 11 is 0. The number of benzene rings is 2. The van der Waals surface area contributed by atoms with E-state index in [0.29, 0.717) is 5.92 Å². The number of rotatable bonds is 5. The molecule has 4 aliphatic rings. The minimum absolute atomic E-state index is 0.0141. The first-order valence-electron chi connectivity index (χ1n) is 14.9. The minimum atomic E-state index is -2.58. The van der Waals surface area contributed by atoms with Gasteiger partial charge in [-0.25, -0.2) is 4.39 Å². The molecule has 0 aromatic heterocycles. The van der Waals surface area contributed by atoms with Crippen LogP contribution in [0.3, 0.4) is 0 Å². The number of primary amides is 1. The van der Waals surface area contributed by atoms with E-state index < -0.39 is 63.8 Å². The molecule has 1 aliphatic heterocycles. The van der Waals surface area contributed by atoms with Crippen molar-refractivity contribution in [1.29, 1.82) is 5.41 Å². The molecule has 0 unspecified atom stereocenters. The Kier molecular flexibility index (Phi) is 7.38. The van der Waals surface area contributed by atoms with Crippen molar-refractivity contribution in [3.63, 3.8) is 0 Å². The first-order chi connectivity index (χ1) is 20.9. The molecule has 1 saturated carbocycles. The van der Waals surface area contributed by atoms with Crippen molar-refractivity contribution >= 4 is 23.2 Å². The van der Waals surface area contributed by atoms with Crippen LogP contribution in [0.1, 0.15) is 47.4 Å². The Morgan fingerprint density at radius 2 is 1.80 bits per heavy atom. The number of aliphatic hydroxyl groups excluding tert-OH is 2. The van der Waals surface area contributed by atoms with Crippen LogP contribution in [-0.2, 0) is 22.6 Å². The molecule has 1 saturated heterocycles. The van der Waals surface area contributed by atoms with Crippen molar-refractivity contribution in [2.24, 2.45) is 17.6 Å². The largest absolute Gasteiger partial charge is 0.510 e. The van der Waals surface area contributed by atoms with E-state index in [-0.39, 0.29) is 47.4 Å². The smallest absolute Gasteiger partial charge is 0.254 e. The quantitative estimate of drug-likeness (QED) is 0.302. The number of likely N-dealkylation sites (N-methyl/N-ethyl adjacent to an activating group) is 1. The number of carbonyl (C=O) groups excluding carboxylic acids is 2. The average molecular weight is 605 g/mol. The van der Waals surface area contributed by atoms with Gasteiger partial charge in [0.05, 0.1) is 17.3 Å². The molecule has 2 fully saturated rings. The summed E-state index contributed by atoms with van der Waals surface area (Å²) in [6.07, 6.45) is 1.78. The van der Waals surface area contributed by atoms with E-state index in [1.807, 2.05) is 18.2 Å². The fourth-order valence-electron chi connectivity index (χ4n) is 7.91. The lowest BCUT2D eigenvalue weighted by atomic mass is 9.57. The number of carbonyl (C=O) groups is 2. The average Bonchev–Trinajstić information content (AvgIpc) is 2.98. The van der Waals surface area contributed by atoms with Crippen LogP contribution in [0.2, 0.25) is 0 Å². The number of halogens is 1. The van der Waals surface area contributed by atoms with Gasteiger partial charge in [0.2, 0.25) is 5.78 Å². The SMILES string of the molecule is CN(C)[C@@H]1C(O)=C(C(N)=O)C(=N)[C@@]2(O)C(=O)C3=C(O)c4c(O)cc(CN5CCC(c6ccccc6)CC5)c(F)c4C[C@H]3C[C@@H]12. The van der Waals surface area contributed by atoms with Gasteiger partial charge in [-0.2, -0.15) is 0 Å². The topological polar surface area (TPSA) is 171 Å². The number of likely N-dealkylation sites (tertiary alicyclic amines) is 1. The third kappa shape index (κ3) is 4.44. The Labute approximate surface area is 254 Å². The van der Waals surface area contributed by atoms with Gasteiger partial charge in [0.15, 0.2) is 5.60 Å². The van der Waals surface area contributed by atoms with Crippen LogP contribution in [0, 0.1) is 23.1 Å². The van der Waals surface area contributed by atoms with Crippen molar-refractivity contribution in [2.75, 3.05) is 27.2 Å².